The van der Waals surface area contributed by atoms with Crippen LogP contribution in [0.2, 0.25) is 0 Å². The lowest BCUT2D eigenvalue weighted by Crippen LogP contribution is -2.17. The van der Waals surface area contributed by atoms with Crippen molar-refractivity contribution >= 4 is 0 Å². The molecule has 0 atom stereocenters. The summed E-state index contributed by atoms with van der Waals surface area (Å²) in [7, 11) is 1.89. The topological polar surface area (TPSA) is 39.1 Å². The number of halogens is 2. The van der Waals surface area contributed by atoms with Crippen molar-refractivity contribution in [3.05, 3.63) is 47.8 Å². The van der Waals surface area contributed by atoms with Crippen molar-refractivity contribution in [1.82, 2.24) is 15.1 Å². The Morgan fingerprint density at radius 2 is 2.00 bits per heavy atom. The normalized spacial score (nSPS) is 11.0. The molecular formula is C14H17F2N3O. The molecule has 0 fully saturated rings. The Bertz CT molecular complexity index is 525. The van der Waals surface area contributed by atoms with Crippen LogP contribution in [0.25, 0.3) is 0 Å². The lowest BCUT2D eigenvalue weighted by atomic mass is 10.2. The fourth-order valence-corrected chi connectivity index (χ4v) is 1.83. The van der Waals surface area contributed by atoms with Gasteiger partial charge in [0.15, 0.2) is 0 Å². The monoisotopic (exact) mass is 281 g/mol. The zero-order valence-electron chi connectivity index (χ0n) is 11.2. The van der Waals surface area contributed by atoms with E-state index in [1.165, 1.54) is 0 Å². The summed E-state index contributed by atoms with van der Waals surface area (Å²) < 4.78 is 30.0. The Kier molecular flexibility index (Phi) is 5.06. The third kappa shape index (κ3) is 4.62. The van der Waals surface area contributed by atoms with Gasteiger partial charge in [0.05, 0.1) is 5.69 Å². The van der Waals surface area contributed by atoms with Crippen LogP contribution in [0, 0.1) is 0 Å². The maximum Gasteiger partial charge on any atom is 0.387 e. The Morgan fingerprint density at radius 3 is 2.60 bits per heavy atom. The summed E-state index contributed by atoms with van der Waals surface area (Å²) in [5, 5.41) is 7.56. The van der Waals surface area contributed by atoms with E-state index in [4.69, 9.17) is 0 Å². The lowest BCUT2D eigenvalue weighted by Gasteiger charge is -2.06. The first kappa shape index (κ1) is 14.5. The average Bonchev–Trinajstić information content (AvgIpc) is 2.82. The molecule has 4 nitrogen and oxygen atoms in total. The highest BCUT2D eigenvalue weighted by Gasteiger charge is 2.03. The highest BCUT2D eigenvalue weighted by molar-refractivity contribution is 5.27. The van der Waals surface area contributed by atoms with Gasteiger partial charge in [0, 0.05) is 32.8 Å². The Balaban J connectivity index is 1.71. The number of rotatable bonds is 7. The van der Waals surface area contributed by atoms with Crippen LogP contribution in [-0.4, -0.2) is 22.9 Å². The van der Waals surface area contributed by atoms with Crippen molar-refractivity contribution in [1.29, 1.82) is 0 Å². The van der Waals surface area contributed by atoms with E-state index in [1.807, 2.05) is 19.3 Å². The van der Waals surface area contributed by atoms with Gasteiger partial charge in [0.2, 0.25) is 0 Å². The quantitative estimate of drug-likeness (QED) is 0.792. The van der Waals surface area contributed by atoms with Gasteiger partial charge in [-0.3, -0.25) is 4.68 Å². The number of nitrogens with zero attached hydrogens (tertiary/aromatic N) is 2. The largest absolute Gasteiger partial charge is 0.435 e. The van der Waals surface area contributed by atoms with Crippen LogP contribution in [0.1, 0.15) is 11.3 Å². The van der Waals surface area contributed by atoms with Gasteiger partial charge in [-0.2, -0.15) is 13.9 Å². The van der Waals surface area contributed by atoms with E-state index in [0.29, 0.717) is 6.54 Å². The summed E-state index contributed by atoms with van der Waals surface area (Å²) in [6.45, 7) is -1.29. The van der Waals surface area contributed by atoms with E-state index in [9.17, 15) is 8.78 Å². The fourth-order valence-electron chi connectivity index (χ4n) is 1.83. The van der Waals surface area contributed by atoms with Crippen molar-refractivity contribution in [3.8, 4) is 5.75 Å². The molecule has 0 saturated carbocycles. The van der Waals surface area contributed by atoms with Crippen molar-refractivity contribution in [2.24, 2.45) is 7.05 Å². The van der Waals surface area contributed by atoms with Gasteiger partial charge in [-0.1, -0.05) is 12.1 Å². The average molecular weight is 281 g/mol. The summed E-state index contributed by atoms with van der Waals surface area (Å²) >= 11 is 0. The van der Waals surface area contributed by atoms with Crippen LogP contribution < -0.4 is 10.1 Å². The molecule has 0 amide bonds. The molecule has 108 valence electrons. The molecular weight excluding hydrogens is 264 g/mol. The van der Waals surface area contributed by atoms with Crippen molar-refractivity contribution in [3.63, 3.8) is 0 Å². The highest BCUT2D eigenvalue weighted by atomic mass is 19.3. The van der Waals surface area contributed by atoms with Crippen LogP contribution in [0.15, 0.2) is 36.5 Å². The second kappa shape index (κ2) is 7.00. The van der Waals surface area contributed by atoms with Crippen molar-refractivity contribution in [2.45, 2.75) is 19.6 Å². The molecule has 1 aromatic heterocycles. The van der Waals surface area contributed by atoms with Crippen LogP contribution in [0.5, 0.6) is 5.75 Å². The molecule has 0 aliphatic heterocycles. The molecule has 6 heteroatoms. The molecule has 1 heterocycles. The first-order valence-electron chi connectivity index (χ1n) is 6.36. The van der Waals surface area contributed by atoms with Crippen LogP contribution in [0.4, 0.5) is 8.78 Å². The number of hydrogen-bond acceptors (Lipinski definition) is 3. The van der Waals surface area contributed by atoms with Gasteiger partial charge in [-0.15, -0.1) is 0 Å². The maximum absolute atomic E-state index is 12.0. The van der Waals surface area contributed by atoms with Crippen LogP contribution in [0.3, 0.4) is 0 Å². The summed E-state index contributed by atoms with van der Waals surface area (Å²) in [5.74, 6) is 0.178. The molecule has 0 bridgehead atoms. The molecule has 0 unspecified atom stereocenters. The Labute approximate surface area is 116 Å². The van der Waals surface area contributed by atoms with Gasteiger partial charge < -0.3 is 10.1 Å². The number of alkyl halides is 2. The van der Waals surface area contributed by atoms with E-state index in [2.05, 4.69) is 15.2 Å². The minimum Gasteiger partial charge on any atom is -0.435 e. The highest BCUT2D eigenvalue weighted by Crippen LogP contribution is 2.14. The van der Waals surface area contributed by atoms with Crippen molar-refractivity contribution < 1.29 is 13.5 Å². The van der Waals surface area contributed by atoms with Crippen LogP contribution in [-0.2, 0) is 20.0 Å². The molecule has 0 aliphatic carbocycles. The first-order valence-corrected chi connectivity index (χ1v) is 6.36. The summed E-state index contributed by atoms with van der Waals surface area (Å²) in [6.07, 6.45) is 2.77. The van der Waals surface area contributed by atoms with E-state index in [1.54, 1.807) is 28.9 Å². The standard InChI is InChI=1S/C14H17F2N3O/c1-19-9-7-12(18-19)6-8-17-10-11-2-4-13(5-3-11)20-14(15)16/h2-5,7,9,14,17H,6,8,10H2,1H3. The van der Waals surface area contributed by atoms with Crippen LogP contribution >= 0.6 is 0 Å². The van der Waals surface area contributed by atoms with E-state index >= 15 is 0 Å². The lowest BCUT2D eigenvalue weighted by molar-refractivity contribution is -0.0498. The Morgan fingerprint density at radius 1 is 1.25 bits per heavy atom. The van der Waals surface area contributed by atoms with E-state index < -0.39 is 6.61 Å². The molecule has 0 saturated heterocycles. The molecule has 1 N–H and O–H groups in total. The summed E-state index contributed by atoms with van der Waals surface area (Å²) in [6, 6.07) is 8.61. The second-order valence-electron chi connectivity index (χ2n) is 4.43. The van der Waals surface area contributed by atoms with Gasteiger partial charge in [0.25, 0.3) is 0 Å². The molecule has 20 heavy (non-hydrogen) atoms. The molecule has 0 spiro atoms. The zero-order valence-corrected chi connectivity index (χ0v) is 11.2. The van der Waals surface area contributed by atoms with Gasteiger partial charge in [0.1, 0.15) is 5.75 Å². The smallest absolute Gasteiger partial charge is 0.387 e. The number of hydrogen-bond donors (Lipinski definition) is 1. The summed E-state index contributed by atoms with van der Waals surface area (Å²) in [4.78, 5) is 0. The van der Waals surface area contributed by atoms with E-state index in [0.717, 1.165) is 24.2 Å². The SMILES string of the molecule is Cn1ccc(CCNCc2ccc(OC(F)F)cc2)n1. The van der Waals surface area contributed by atoms with Gasteiger partial charge in [-0.05, 0) is 23.8 Å². The summed E-state index contributed by atoms with van der Waals surface area (Å²) in [5.41, 5.74) is 2.06. The minimum absolute atomic E-state index is 0.178. The number of nitrogens with one attached hydrogen (secondary N) is 1. The van der Waals surface area contributed by atoms with Gasteiger partial charge >= 0.3 is 6.61 Å². The third-order valence-corrected chi connectivity index (χ3v) is 2.80. The number of aryl methyl sites for hydroxylation is 1. The zero-order chi connectivity index (χ0) is 14.4. The van der Waals surface area contributed by atoms with Crippen molar-refractivity contribution in [2.75, 3.05) is 6.54 Å². The second-order valence-corrected chi connectivity index (χ2v) is 4.43. The predicted molar refractivity (Wildman–Crippen MR) is 71.7 cm³/mol. The molecule has 0 aliphatic rings. The molecule has 2 aromatic rings. The van der Waals surface area contributed by atoms with Gasteiger partial charge in [-0.25, -0.2) is 0 Å². The minimum atomic E-state index is -2.78. The van der Waals surface area contributed by atoms with E-state index in [-0.39, 0.29) is 5.75 Å². The number of aromatic nitrogens is 2. The third-order valence-electron chi connectivity index (χ3n) is 2.80. The Hall–Kier alpha value is -1.95. The first-order chi connectivity index (χ1) is 9.63. The fraction of sp³-hybridized carbons (Fsp3) is 0.357. The number of ether oxygens (including phenoxy) is 1. The molecule has 1 aromatic carbocycles. The maximum atomic E-state index is 12.0. The molecule has 2 rings (SSSR count). The predicted octanol–water partition coefficient (Wildman–Crippen LogP) is 2.35. The number of benzene rings is 1. The molecule has 0 radical (unpaired) electrons.